The number of rotatable bonds is 6. The Bertz CT molecular complexity index is 1380. The number of hydrogen-bond acceptors (Lipinski definition) is 4. The van der Waals surface area contributed by atoms with Gasteiger partial charge in [0.15, 0.2) is 11.9 Å². The smallest absolute Gasteiger partial charge is 0.382 e. The maximum atomic E-state index is 13.0. The van der Waals surface area contributed by atoms with E-state index in [-0.39, 0.29) is 12.4 Å². The molecule has 12 heteroatoms. The Balaban J connectivity index is 1.71. The van der Waals surface area contributed by atoms with Gasteiger partial charge in [-0.25, -0.2) is 9.48 Å². The molecule has 2 aromatic heterocycles. The molecule has 0 spiro atoms. The van der Waals surface area contributed by atoms with E-state index in [1.54, 1.807) is 18.2 Å². The number of alkyl halides is 3. The summed E-state index contributed by atoms with van der Waals surface area (Å²) in [6.45, 7) is -0.981. The van der Waals surface area contributed by atoms with Gasteiger partial charge < -0.3 is 5.11 Å². The molecule has 0 saturated carbocycles. The van der Waals surface area contributed by atoms with Gasteiger partial charge in [-0.3, -0.25) is 4.57 Å². The third-order valence-electron chi connectivity index (χ3n) is 4.94. The van der Waals surface area contributed by atoms with Crippen molar-refractivity contribution in [3.8, 4) is 21.8 Å². The highest BCUT2D eigenvalue weighted by atomic mass is 35.5. The molecule has 2 heterocycles. The number of benzene rings is 2. The Kier molecular flexibility index (Phi) is 7.12. The molecule has 4 rings (SSSR count). The van der Waals surface area contributed by atoms with Gasteiger partial charge in [0.1, 0.15) is 0 Å². The molecule has 1 atom stereocenters. The number of nitrogens with zero attached hydrogens (tertiary/aromatic N) is 3. The van der Waals surface area contributed by atoms with E-state index in [4.69, 9.17) is 34.8 Å². The molecule has 0 aliphatic heterocycles. The van der Waals surface area contributed by atoms with Crippen LogP contribution in [0.2, 0.25) is 15.1 Å². The molecule has 0 bridgehead atoms. The number of hydrogen-bond donors (Lipinski definition) is 1. The molecule has 0 aliphatic carbocycles. The SMILES string of the molecule is O=c1n(Cc2ccc(-c3cccc(Cl)c3Cl)s2)nc(-c2ccc(Cl)cc2)n1CC(O)C(F)(F)F. The summed E-state index contributed by atoms with van der Waals surface area (Å²) in [5, 5.41) is 15.1. The van der Waals surface area contributed by atoms with Crippen LogP contribution in [0.25, 0.3) is 21.8 Å². The van der Waals surface area contributed by atoms with Gasteiger partial charge >= 0.3 is 11.9 Å². The zero-order valence-electron chi connectivity index (χ0n) is 17.1. The average molecular weight is 549 g/mol. The molecule has 2 aromatic carbocycles. The maximum Gasteiger partial charge on any atom is 0.416 e. The van der Waals surface area contributed by atoms with Gasteiger partial charge in [0, 0.05) is 25.9 Å². The Morgan fingerprint density at radius 2 is 1.74 bits per heavy atom. The van der Waals surface area contributed by atoms with Crippen LogP contribution in [0.15, 0.2) is 59.4 Å². The van der Waals surface area contributed by atoms with E-state index in [0.29, 0.717) is 20.6 Å². The Hall–Kier alpha value is -2.30. The quantitative estimate of drug-likeness (QED) is 0.305. The summed E-state index contributed by atoms with van der Waals surface area (Å²) in [5.74, 6) is -0.0142. The van der Waals surface area contributed by atoms with Gasteiger partial charge in [-0.2, -0.15) is 13.2 Å². The predicted octanol–water partition coefficient (Wildman–Crippen LogP) is 6.37. The number of thiophene rings is 1. The van der Waals surface area contributed by atoms with E-state index in [1.165, 1.54) is 35.6 Å². The highest BCUT2D eigenvalue weighted by molar-refractivity contribution is 7.15. The van der Waals surface area contributed by atoms with Gasteiger partial charge in [0.2, 0.25) is 0 Å². The van der Waals surface area contributed by atoms with Crippen molar-refractivity contribution < 1.29 is 18.3 Å². The van der Waals surface area contributed by atoms with Crippen LogP contribution < -0.4 is 5.69 Å². The van der Waals surface area contributed by atoms with E-state index in [1.807, 2.05) is 12.1 Å². The first-order chi connectivity index (χ1) is 16.0. The lowest BCUT2D eigenvalue weighted by atomic mass is 10.2. The summed E-state index contributed by atoms with van der Waals surface area (Å²) in [7, 11) is 0. The van der Waals surface area contributed by atoms with Crippen LogP contribution >= 0.6 is 46.1 Å². The minimum Gasteiger partial charge on any atom is -0.382 e. The first kappa shape index (κ1) is 24.8. The van der Waals surface area contributed by atoms with Crippen LogP contribution in [0.1, 0.15) is 4.88 Å². The Morgan fingerprint density at radius 1 is 1.03 bits per heavy atom. The van der Waals surface area contributed by atoms with E-state index >= 15 is 0 Å². The minimum absolute atomic E-state index is 0.0113. The molecule has 1 N–H and O–H groups in total. The number of aliphatic hydroxyl groups is 1. The third kappa shape index (κ3) is 5.18. The zero-order valence-corrected chi connectivity index (χ0v) is 20.1. The van der Waals surface area contributed by atoms with Gasteiger partial charge in [0.05, 0.1) is 23.1 Å². The van der Waals surface area contributed by atoms with Crippen molar-refractivity contribution >= 4 is 46.1 Å². The molecule has 1 unspecified atom stereocenters. The van der Waals surface area contributed by atoms with Crippen molar-refractivity contribution in [1.29, 1.82) is 0 Å². The topological polar surface area (TPSA) is 60.0 Å². The van der Waals surface area contributed by atoms with E-state index < -0.39 is 24.5 Å². The summed E-state index contributed by atoms with van der Waals surface area (Å²) in [4.78, 5) is 14.5. The van der Waals surface area contributed by atoms with Crippen LogP contribution in [0, 0.1) is 0 Å². The molecule has 0 radical (unpaired) electrons. The monoisotopic (exact) mass is 547 g/mol. The van der Waals surface area contributed by atoms with Crippen LogP contribution in [-0.4, -0.2) is 31.7 Å². The second kappa shape index (κ2) is 9.75. The predicted molar refractivity (Wildman–Crippen MR) is 128 cm³/mol. The van der Waals surface area contributed by atoms with E-state index in [0.717, 1.165) is 24.6 Å². The second-order valence-corrected chi connectivity index (χ2v) is 9.70. The zero-order chi connectivity index (χ0) is 24.6. The molecule has 34 heavy (non-hydrogen) atoms. The van der Waals surface area contributed by atoms with E-state index in [2.05, 4.69) is 5.10 Å². The summed E-state index contributed by atoms with van der Waals surface area (Å²) in [6.07, 6.45) is -7.62. The van der Waals surface area contributed by atoms with Gasteiger partial charge in [0.25, 0.3) is 0 Å². The molecule has 0 saturated heterocycles. The minimum atomic E-state index is -4.89. The van der Waals surface area contributed by atoms with Crippen LogP contribution in [0.3, 0.4) is 0 Å². The van der Waals surface area contributed by atoms with Crippen LogP contribution in [0.5, 0.6) is 0 Å². The summed E-state index contributed by atoms with van der Waals surface area (Å²) >= 11 is 19.6. The fraction of sp³-hybridized carbons (Fsp3) is 0.182. The maximum absolute atomic E-state index is 13.0. The lowest BCUT2D eigenvalue weighted by Gasteiger charge is -2.15. The van der Waals surface area contributed by atoms with Crippen molar-refractivity contribution in [1.82, 2.24) is 14.3 Å². The highest BCUT2D eigenvalue weighted by Gasteiger charge is 2.39. The molecular formula is C22H15Cl3F3N3O2S. The van der Waals surface area contributed by atoms with Crippen molar-refractivity contribution in [2.45, 2.75) is 25.4 Å². The first-order valence-electron chi connectivity index (χ1n) is 9.76. The van der Waals surface area contributed by atoms with Crippen molar-refractivity contribution in [3.63, 3.8) is 0 Å². The summed E-state index contributed by atoms with van der Waals surface area (Å²) in [5.41, 5.74) is 0.314. The van der Waals surface area contributed by atoms with Gasteiger partial charge in [-0.1, -0.05) is 46.9 Å². The molecule has 0 amide bonds. The third-order valence-corrected chi connectivity index (χ3v) is 7.12. The molecule has 0 fully saturated rings. The lowest BCUT2D eigenvalue weighted by molar-refractivity contribution is -0.207. The molecule has 5 nitrogen and oxygen atoms in total. The van der Waals surface area contributed by atoms with Crippen molar-refractivity contribution in [2.75, 3.05) is 0 Å². The number of halogens is 6. The molecule has 4 aromatic rings. The number of aliphatic hydroxyl groups excluding tert-OH is 1. The largest absolute Gasteiger partial charge is 0.416 e. The normalized spacial score (nSPS) is 12.8. The fourth-order valence-corrected chi connectivity index (χ4v) is 4.85. The Morgan fingerprint density at radius 3 is 2.41 bits per heavy atom. The fourth-order valence-electron chi connectivity index (χ4n) is 3.25. The summed E-state index contributed by atoms with van der Waals surface area (Å²) < 4.78 is 40.9. The molecular weight excluding hydrogens is 534 g/mol. The van der Waals surface area contributed by atoms with Crippen molar-refractivity contribution in [3.05, 3.63) is 85.0 Å². The molecule has 0 aliphatic rings. The average Bonchev–Trinajstić information content (AvgIpc) is 3.36. The van der Waals surface area contributed by atoms with Crippen LogP contribution in [-0.2, 0) is 13.1 Å². The van der Waals surface area contributed by atoms with Crippen molar-refractivity contribution in [2.24, 2.45) is 0 Å². The van der Waals surface area contributed by atoms with Crippen LogP contribution in [0.4, 0.5) is 13.2 Å². The second-order valence-electron chi connectivity index (χ2n) is 7.31. The molecule has 178 valence electrons. The number of aromatic nitrogens is 3. The highest BCUT2D eigenvalue weighted by Crippen LogP contribution is 2.37. The first-order valence-corrected chi connectivity index (χ1v) is 11.7. The standard InChI is InChI=1S/C22H15Cl3F3N3O2S/c23-13-6-4-12(5-7-13)20-29-31(21(33)30(20)11-18(32)22(26,27)28)10-14-8-9-17(34-14)15-2-1-3-16(24)19(15)25/h1-9,18,32H,10-11H2. The van der Waals surface area contributed by atoms with E-state index in [9.17, 15) is 23.1 Å². The summed E-state index contributed by atoms with van der Waals surface area (Å²) in [6, 6.07) is 15.0. The van der Waals surface area contributed by atoms with Gasteiger partial charge in [-0.05, 0) is 42.5 Å². The lowest BCUT2D eigenvalue weighted by Crippen LogP contribution is -2.37. The van der Waals surface area contributed by atoms with Gasteiger partial charge in [-0.15, -0.1) is 16.4 Å². The Labute approximate surface area is 210 Å².